The first-order valence-corrected chi connectivity index (χ1v) is 8.10. The molecular formula is C16H21NO3S. The van der Waals surface area contributed by atoms with Crippen LogP contribution in [-0.4, -0.2) is 46.4 Å². The van der Waals surface area contributed by atoms with Crippen molar-refractivity contribution in [2.45, 2.75) is 25.0 Å². The van der Waals surface area contributed by atoms with Crippen molar-refractivity contribution >= 4 is 17.7 Å². The summed E-state index contributed by atoms with van der Waals surface area (Å²) >= 11 is 1.59. The SMILES string of the molecule is CSCC[C@H](NC[C@](C)(O)C#Cc1ccccc1)C(=O)O. The molecule has 0 aliphatic carbocycles. The molecule has 2 atom stereocenters. The van der Waals surface area contributed by atoms with Gasteiger partial charge in [-0.05, 0) is 37.5 Å². The highest BCUT2D eigenvalue weighted by Crippen LogP contribution is 2.05. The van der Waals surface area contributed by atoms with Gasteiger partial charge in [0.15, 0.2) is 0 Å². The molecule has 0 saturated carbocycles. The van der Waals surface area contributed by atoms with Gasteiger partial charge in [-0.1, -0.05) is 30.0 Å². The quantitative estimate of drug-likeness (QED) is 0.667. The van der Waals surface area contributed by atoms with Crippen LogP contribution in [0.25, 0.3) is 0 Å². The second-order valence-corrected chi connectivity index (χ2v) is 5.93. The molecule has 0 aliphatic heterocycles. The fourth-order valence-electron chi connectivity index (χ4n) is 1.64. The van der Waals surface area contributed by atoms with Crippen LogP contribution in [0.5, 0.6) is 0 Å². The first-order chi connectivity index (χ1) is 9.94. The number of benzene rings is 1. The number of carboxylic acids is 1. The van der Waals surface area contributed by atoms with Crippen molar-refractivity contribution in [1.29, 1.82) is 0 Å². The number of hydrogen-bond acceptors (Lipinski definition) is 4. The number of thioether (sulfide) groups is 1. The van der Waals surface area contributed by atoms with Gasteiger partial charge in [-0.3, -0.25) is 4.79 Å². The highest BCUT2D eigenvalue weighted by atomic mass is 32.2. The number of hydrogen-bond donors (Lipinski definition) is 3. The van der Waals surface area contributed by atoms with Gasteiger partial charge in [0, 0.05) is 12.1 Å². The maximum absolute atomic E-state index is 11.1. The molecule has 0 saturated heterocycles. The Morgan fingerprint density at radius 3 is 2.67 bits per heavy atom. The van der Waals surface area contributed by atoms with Crippen molar-refractivity contribution in [2.24, 2.45) is 0 Å². The molecular weight excluding hydrogens is 286 g/mol. The Hall–Kier alpha value is -1.48. The third-order valence-electron chi connectivity index (χ3n) is 2.85. The van der Waals surface area contributed by atoms with Crippen LogP contribution < -0.4 is 5.32 Å². The van der Waals surface area contributed by atoms with Crippen LogP contribution in [0.15, 0.2) is 30.3 Å². The number of aliphatic carboxylic acids is 1. The molecule has 3 N–H and O–H groups in total. The van der Waals surface area contributed by atoms with Gasteiger partial charge in [-0.2, -0.15) is 11.8 Å². The normalized spacial score (nSPS) is 14.6. The van der Waals surface area contributed by atoms with Crippen molar-refractivity contribution < 1.29 is 15.0 Å². The summed E-state index contributed by atoms with van der Waals surface area (Å²) in [6.45, 7) is 1.68. The molecule has 0 aromatic heterocycles. The van der Waals surface area contributed by atoms with Gasteiger partial charge in [0.2, 0.25) is 0 Å². The second kappa shape index (κ2) is 8.73. The number of nitrogens with one attached hydrogen (secondary N) is 1. The highest BCUT2D eigenvalue weighted by Gasteiger charge is 2.22. The lowest BCUT2D eigenvalue weighted by Crippen LogP contribution is -2.45. The maximum atomic E-state index is 11.1. The van der Waals surface area contributed by atoms with Gasteiger partial charge < -0.3 is 15.5 Å². The monoisotopic (exact) mass is 307 g/mol. The minimum atomic E-state index is -1.27. The molecule has 5 heteroatoms. The predicted molar refractivity (Wildman–Crippen MR) is 86.4 cm³/mol. The molecule has 1 rings (SSSR count). The van der Waals surface area contributed by atoms with Gasteiger partial charge in [0.25, 0.3) is 0 Å². The van der Waals surface area contributed by atoms with Crippen LogP contribution in [-0.2, 0) is 4.79 Å². The van der Waals surface area contributed by atoms with E-state index in [2.05, 4.69) is 17.2 Å². The van der Waals surface area contributed by atoms with Crippen molar-refractivity contribution in [3.8, 4) is 11.8 Å². The average molecular weight is 307 g/mol. The number of aliphatic hydroxyl groups is 1. The van der Waals surface area contributed by atoms with E-state index in [-0.39, 0.29) is 6.54 Å². The van der Waals surface area contributed by atoms with Crippen LogP contribution in [0.1, 0.15) is 18.9 Å². The smallest absolute Gasteiger partial charge is 0.320 e. The van der Waals surface area contributed by atoms with Crippen molar-refractivity contribution in [3.63, 3.8) is 0 Å². The Balaban J connectivity index is 2.59. The van der Waals surface area contributed by atoms with Crippen LogP contribution in [0.4, 0.5) is 0 Å². The third kappa shape index (κ3) is 7.19. The van der Waals surface area contributed by atoms with Crippen LogP contribution in [0, 0.1) is 11.8 Å². The lowest BCUT2D eigenvalue weighted by atomic mass is 10.1. The zero-order valence-electron chi connectivity index (χ0n) is 12.3. The maximum Gasteiger partial charge on any atom is 0.320 e. The van der Waals surface area contributed by atoms with E-state index in [9.17, 15) is 9.90 Å². The van der Waals surface area contributed by atoms with Crippen molar-refractivity contribution in [1.82, 2.24) is 5.32 Å². The number of carbonyl (C=O) groups is 1. The molecule has 114 valence electrons. The summed E-state index contributed by atoms with van der Waals surface area (Å²) in [4.78, 5) is 11.1. The summed E-state index contributed by atoms with van der Waals surface area (Å²) in [5.74, 6) is 5.51. The average Bonchev–Trinajstić information content (AvgIpc) is 2.46. The van der Waals surface area contributed by atoms with E-state index in [1.165, 1.54) is 0 Å². The van der Waals surface area contributed by atoms with E-state index >= 15 is 0 Å². The zero-order chi connectivity index (χ0) is 15.7. The van der Waals surface area contributed by atoms with E-state index < -0.39 is 17.6 Å². The third-order valence-corrected chi connectivity index (χ3v) is 3.50. The Kier molecular flexibility index (Phi) is 7.30. The first-order valence-electron chi connectivity index (χ1n) is 6.70. The molecule has 0 fully saturated rings. The number of carboxylic acid groups (broad SMARTS) is 1. The highest BCUT2D eigenvalue weighted by molar-refractivity contribution is 7.98. The molecule has 0 heterocycles. The Morgan fingerprint density at radius 1 is 1.43 bits per heavy atom. The minimum Gasteiger partial charge on any atom is -0.480 e. The van der Waals surface area contributed by atoms with Gasteiger partial charge in [0.1, 0.15) is 11.6 Å². The molecule has 0 amide bonds. The lowest BCUT2D eigenvalue weighted by Gasteiger charge is -2.21. The first kappa shape index (κ1) is 17.6. The Labute approximate surface area is 130 Å². The Bertz CT molecular complexity index is 505. The van der Waals surface area contributed by atoms with E-state index in [1.54, 1.807) is 18.7 Å². The summed E-state index contributed by atoms with van der Waals surface area (Å²) < 4.78 is 0. The molecule has 1 aromatic carbocycles. The summed E-state index contributed by atoms with van der Waals surface area (Å²) in [5, 5.41) is 22.2. The number of rotatable bonds is 7. The van der Waals surface area contributed by atoms with Gasteiger partial charge in [-0.25, -0.2) is 0 Å². The van der Waals surface area contributed by atoms with Gasteiger partial charge >= 0.3 is 5.97 Å². The van der Waals surface area contributed by atoms with Crippen LogP contribution >= 0.6 is 11.8 Å². The van der Waals surface area contributed by atoms with E-state index in [4.69, 9.17) is 5.11 Å². The summed E-state index contributed by atoms with van der Waals surface area (Å²) in [6.07, 6.45) is 2.44. The van der Waals surface area contributed by atoms with Gasteiger partial charge in [0.05, 0.1) is 0 Å². The Morgan fingerprint density at radius 2 is 2.10 bits per heavy atom. The second-order valence-electron chi connectivity index (χ2n) is 4.94. The van der Waals surface area contributed by atoms with E-state index in [1.807, 2.05) is 36.6 Å². The van der Waals surface area contributed by atoms with Crippen LogP contribution in [0.2, 0.25) is 0 Å². The largest absolute Gasteiger partial charge is 0.480 e. The van der Waals surface area contributed by atoms with Crippen LogP contribution in [0.3, 0.4) is 0 Å². The lowest BCUT2D eigenvalue weighted by molar-refractivity contribution is -0.139. The standard InChI is InChI=1S/C16H21NO3S/c1-16(20,10-8-13-6-4-3-5-7-13)12-17-14(15(18)19)9-11-21-2/h3-7,14,17,20H,9,11-12H2,1-2H3,(H,18,19)/t14-,16+/m0/s1. The summed E-state index contributed by atoms with van der Waals surface area (Å²) in [6, 6.07) is 8.69. The zero-order valence-corrected chi connectivity index (χ0v) is 13.1. The molecule has 0 bridgehead atoms. The summed E-state index contributed by atoms with van der Waals surface area (Å²) in [5.41, 5.74) is -0.460. The fraction of sp³-hybridized carbons (Fsp3) is 0.438. The fourth-order valence-corrected chi connectivity index (χ4v) is 2.11. The molecule has 0 aliphatic rings. The minimum absolute atomic E-state index is 0.109. The predicted octanol–water partition coefficient (Wildman–Crippen LogP) is 1.58. The van der Waals surface area contributed by atoms with Gasteiger partial charge in [-0.15, -0.1) is 0 Å². The molecule has 4 nitrogen and oxygen atoms in total. The van der Waals surface area contributed by atoms with E-state index in [0.717, 1.165) is 11.3 Å². The molecule has 0 radical (unpaired) electrons. The molecule has 0 unspecified atom stereocenters. The molecule has 21 heavy (non-hydrogen) atoms. The molecule has 0 spiro atoms. The molecule has 1 aromatic rings. The van der Waals surface area contributed by atoms with Crippen molar-refractivity contribution in [3.05, 3.63) is 35.9 Å². The summed E-state index contributed by atoms with van der Waals surface area (Å²) in [7, 11) is 0. The topological polar surface area (TPSA) is 69.6 Å². The van der Waals surface area contributed by atoms with E-state index in [0.29, 0.717) is 6.42 Å². The van der Waals surface area contributed by atoms with Crippen molar-refractivity contribution in [2.75, 3.05) is 18.6 Å².